The largest absolute Gasteiger partial charge is 0.352 e. The Morgan fingerprint density at radius 2 is 2.06 bits per heavy atom. The maximum absolute atomic E-state index is 5.82. The Labute approximate surface area is 109 Å². The number of rotatable bonds is 3. The minimum atomic E-state index is 0.554. The van der Waals surface area contributed by atoms with Crippen LogP contribution in [0.1, 0.15) is 44.1 Å². The van der Waals surface area contributed by atoms with Crippen molar-refractivity contribution in [2.24, 2.45) is 11.7 Å². The number of nitrogens with zero attached hydrogens (tertiary/aromatic N) is 3. The molecule has 0 bridgehead atoms. The van der Waals surface area contributed by atoms with Crippen molar-refractivity contribution >= 4 is 5.82 Å². The quantitative estimate of drug-likeness (QED) is 0.887. The monoisotopic (exact) mass is 246 g/mol. The van der Waals surface area contributed by atoms with Crippen molar-refractivity contribution in [1.82, 2.24) is 10.2 Å². The van der Waals surface area contributed by atoms with Crippen LogP contribution in [0.5, 0.6) is 0 Å². The van der Waals surface area contributed by atoms with Crippen molar-refractivity contribution in [2.45, 2.75) is 51.1 Å². The molecule has 1 aliphatic carbocycles. The molecule has 1 saturated heterocycles. The summed E-state index contributed by atoms with van der Waals surface area (Å²) in [6.07, 6.45) is 9.91. The molecule has 4 nitrogen and oxygen atoms in total. The second kappa shape index (κ2) is 5.22. The molecule has 1 unspecified atom stereocenters. The Bertz CT molecular complexity index is 401. The van der Waals surface area contributed by atoms with Gasteiger partial charge in [0.15, 0.2) is 5.82 Å². The molecule has 2 aliphatic rings. The van der Waals surface area contributed by atoms with Crippen LogP contribution < -0.4 is 10.6 Å². The van der Waals surface area contributed by atoms with Crippen LogP contribution in [-0.2, 0) is 6.54 Å². The van der Waals surface area contributed by atoms with Gasteiger partial charge in [-0.2, -0.15) is 5.10 Å². The van der Waals surface area contributed by atoms with Gasteiger partial charge in [0.2, 0.25) is 0 Å². The van der Waals surface area contributed by atoms with Crippen molar-refractivity contribution in [3.63, 3.8) is 0 Å². The lowest BCUT2D eigenvalue weighted by Crippen LogP contribution is -2.36. The highest BCUT2D eigenvalue weighted by atomic mass is 15.3. The van der Waals surface area contributed by atoms with Gasteiger partial charge in [-0.05, 0) is 37.7 Å². The molecule has 4 heteroatoms. The number of anilines is 1. The number of hydrogen-bond acceptors (Lipinski definition) is 4. The zero-order chi connectivity index (χ0) is 12.4. The summed E-state index contributed by atoms with van der Waals surface area (Å²) in [5, 5.41) is 8.40. The maximum atomic E-state index is 5.82. The van der Waals surface area contributed by atoms with Crippen molar-refractivity contribution in [2.75, 3.05) is 11.4 Å². The van der Waals surface area contributed by atoms with E-state index < -0.39 is 0 Å². The molecule has 0 amide bonds. The van der Waals surface area contributed by atoms with E-state index in [0.29, 0.717) is 12.6 Å². The molecule has 1 aliphatic heterocycles. The molecule has 1 saturated carbocycles. The second-order valence-electron chi connectivity index (χ2n) is 5.53. The summed E-state index contributed by atoms with van der Waals surface area (Å²) in [5.74, 6) is 1.90. The molecule has 98 valence electrons. The lowest BCUT2D eigenvalue weighted by Gasteiger charge is -2.31. The number of nitrogens with two attached hydrogens (primary N) is 1. The highest BCUT2D eigenvalue weighted by Crippen LogP contribution is 2.37. The van der Waals surface area contributed by atoms with Gasteiger partial charge in [0, 0.05) is 24.7 Å². The molecule has 3 rings (SSSR count). The summed E-state index contributed by atoms with van der Waals surface area (Å²) in [7, 11) is 0. The Morgan fingerprint density at radius 1 is 1.22 bits per heavy atom. The van der Waals surface area contributed by atoms with Crippen LogP contribution >= 0.6 is 0 Å². The first-order valence-corrected chi connectivity index (χ1v) is 7.17. The average molecular weight is 246 g/mol. The summed E-state index contributed by atoms with van der Waals surface area (Å²) >= 11 is 0. The topological polar surface area (TPSA) is 55.0 Å². The fourth-order valence-electron chi connectivity index (χ4n) is 3.64. The zero-order valence-electron chi connectivity index (χ0n) is 10.9. The summed E-state index contributed by atoms with van der Waals surface area (Å²) in [6, 6.07) is 2.68. The van der Waals surface area contributed by atoms with Gasteiger partial charge in [-0.1, -0.05) is 12.8 Å². The third-order valence-corrected chi connectivity index (χ3v) is 4.52. The maximum Gasteiger partial charge on any atom is 0.156 e. The van der Waals surface area contributed by atoms with Crippen LogP contribution in [0, 0.1) is 5.92 Å². The van der Waals surface area contributed by atoms with Crippen molar-refractivity contribution in [3.8, 4) is 0 Å². The third kappa shape index (κ3) is 2.09. The first kappa shape index (κ1) is 11.9. The first-order chi connectivity index (χ1) is 8.90. The van der Waals surface area contributed by atoms with Gasteiger partial charge in [0.05, 0.1) is 6.20 Å². The molecule has 2 heterocycles. The van der Waals surface area contributed by atoms with E-state index in [0.717, 1.165) is 23.8 Å². The Hall–Kier alpha value is -1.16. The summed E-state index contributed by atoms with van der Waals surface area (Å²) in [6.45, 7) is 1.67. The first-order valence-electron chi connectivity index (χ1n) is 7.17. The summed E-state index contributed by atoms with van der Waals surface area (Å²) in [4.78, 5) is 2.48. The van der Waals surface area contributed by atoms with Crippen LogP contribution in [-0.4, -0.2) is 22.8 Å². The summed E-state index contributed by atoms with van der Waals surface area (Å²) in [5.41, 5.74) is 6.96. The molecule has 1 aromatic heterocycles. The number of hydrogen-bond donors (Lipinski definition) is 1. The van der Waals surface area contributed by atoms with E-state index in [1.54, 1.807) is 6.20 Å². The highest BCUT2D eigenvalue weighted by Gasteiger charge is 2.34. The molecule has 2 fully saturated rings. The predicted octanol–water partition coefficient (Wildman–Crippen LogP) is 2.09. The molecule has 1 atom stereocenters. The standard InChI is InChI=1S/C14H22N4/c15-10-12-7-8-16-17-14(12)18-9-3-6-13(18)11-4-1-2-5-11/h7-8,11,13H,1-6,9-10,15H2. The van der Waals surface area contributed by atoms with E-state index >= 15 is 0 Å². The Kier molecular flexibility index (Phi) is 3.46. The van der Waals surface area contributed by atoms with Crippen LogP contribution in [0.15, 0.2) is 12.3 Å². The van der Waals surface area contributed by atoms with Crippen LogP contribution in [0.4, 0.5) is 5.82 Å². The van der Waals surface area contributed by atoms with Crippen LogP contribution in [0.2, 0.25) is 0 Å². The molecular formula is C14H22N4. The zero-order valence-corrected chi connectivity index (χ0v) is 10.9. The van der Waals surface area contributed by atoms with Gasteiger partial charge in [0.1, 0.15) is 0 Å². The molecule has 1 aromatic rings. The highest BCUT2D eigenvalue weighted by molar-refractivity contribution is 5.47. The lowest BCUT2D eigenvalue weighted by atomic mass is 9.96. The average Bonchev–Trinajstić information content (AvgIpc) is 3.09. The van der Waals surface area contributed by atoms with Gasteiger partial charge in [0.25, 0.3) is 0 Å². The molecular weight excluding hydrogens is 224 g/mol. The molecule has 2 N–H and O–H groups in total. The summed E-state index contributed by atoms with van der Waals surface area (Å²) < 4.78 is 0. The SMILES string of the molecule is NCc1ccnnc1N1CCCC1C1CCCC1. The van der Waals surface area contributed by atoms with Crippen molar-refractivity contribution in [1.29, 1.82) is 0 Å². The fraction of sp³-hybridized carbons (Fsp3) is 0.714. The smallest absolute Gasteiger partial charge is 0.156 e. The van der Waals surface area contributed by atoms with Crippen LogP contribution in [0.3, 0.4) is 0 Å². The second-order valence-corrected chi connectivity index (χ2v) is 5.53. The van der Waals surface area contributed by atoms with E-state index in [1.165, 1.54) is 38.5 Å². The molecule has 18 heavy (non-hydrogen) atoms. The van der Waals surface area contributed by atoms with Crippen LogP contribution in [0.25, 0.3) is 0 Å². The Morgan fingerprint density at radius 3 is 2.83 bits per heavy atom. The number of aromatic nitrogens is 2. The van der Waals surface area contributed by atoms with Gasteiger partial charge < -0.3 is 10.6 Å². The van der Waals surface area contributed by atoms with Crippen molar-refractivity contribution < 1.29 is 0 Å². The molecule has 0 aromatic carbocycles. The van der Waals surface area contributed by atoms with E-state index in [9.17, 15) is 0 Å². The van der Waals surface area contributed by atoms with E-state index in [1.807, 2.05) is 6.07 Å². The van der Waals surface area contributed by atoms with Crippen molar-refractivity contribution in [3.05, 3.63) is 17.8 Å². The van der Waals surface area contributed by atoms with Gasteiger partial charge in [-0.15, -0.1) is 5.10 Å². The molecule has 0 spiro atoms. The third-order valence-electron chi connectivity index (χ3n) is 4.52. The fourth-order valence-corrected chi connectivity index (χ4v) is 3.64. The Balaban J connectivity index is 1.85. The normalized spacial score (nSPS) is 24.9. The van der Waals surface area contributed by atoms with Gasteiger partial charge in [-0.25, -0.2) is 0 Å². The lowest BCUT2D eigenvalue weighted by molar-refractivity contribution is 0.428. The van der Waals surface area contributed by atoms with Gasteiger partial charge >= 0.3 is 0 Å². The predicted molar refractivity (Wildman–Crippen MR) is 72.2 cm³/mol. The minimum Gasteiger partial charge on any atom is -0.352 e. The minimum absolute atomic E-state index is 0.554. The van der Waals surface area contributed by atoms with E-state index in [-0.39, 0.29) is 0 Å². The van der Waals surface area contributed by atoms with E-state index in [2.05, 4.69) is 15.1 Å². The van der Waals surface area contributed by atoms with E-state index in [4.69, 9.17) is 5.73 Å². The van der Waals surface area contributed by atoms with Gasteiger partial charge in [-0.3, -0.25) is 0 Å². The molecule has 0 radical (unpaired) electrons.